The normalized spacial score (nSPS) is 11.0. The molecule has 0 atom stereocenters. The van der Waals surface area contributed by atoms with E-state index in [9.17, 15) is 4.79 Å². The van der Waals surface area contributed by atoms with Gasteiger partial charge in [0.15, 0.2) is 5.69 Å². The van der Waals surface area contributed by atoms with E-state index < -0.39 is 5.97 Å². The number of nitrogens with zero attached hydrogens (tertiary/aromatic N) is 3. The number of unbranched alkanes of at least 4 members (excludes halogenated alkanes) is 1. The highest BCUT2D eigenvalue weighted by Crippen LogP contribution is 2.03. The number of aromatic nitrogens is 2. The van der Waals surface area contributed by atoms with E-state index in [2.05, 4.69) is 41.1 Å². The van der Waals surface area contributed by atoms with Crippen molar-refractivity contribution in [2.75, 3.05) is 25.5 Å². The Morgan fingerprint density at radius 1 is 1.37 bits per heavy atom. The summed E-state index contributed by atoms with van der Waals surface area (Å²) in [6, 6.07) is 0.572. The van der Waals surface area contributed by atoms with Gasteiger partial charge in [-0.3, -0.25) is 0 Å². The lowest BCUT2D eigenvalue weighted by molar-refractivity contribution is 0.0690. The smallest absolute Gasteiger partial charge is 0.356 e. The van der Waals surface area contributed by atoms with Gasteiger partial charge in [0.25, 0.3) is 0 Å². The van der Waals surface area contributed by atoms with Crippen molar-refractivity contribution in [2.45, 2.75) is 32.7 Å². The summed E-state index contributed by atoms with van der Waals surface area (Å²) < 4.78 is 0. The molecule has 6 heteroatoms. The molecule has 2 N–H and O–H groups in total. The zero-order valence-corrected chi connectivity index (χ0v) is 11.8. The molecule has 0 aliphatic rings. The Morgan fingerprint density at radius 2 is 2.11 bits per heavy atom. The van der Waals surface area contributed by atoms with Crippen LogP contribution in [0, 0.1) is 0 Å². The van der Waals surface area contributed by atoms with Crippen molar-refractivity contribution in [1.29, 1.82) is 0 Å². The molecule has 0 radical (unpaired) electrons. The summed E-state index contributed by atoms with van der Waals surface area (Å²) in [7, 11) is 2.12. The SMILES string of the molecule is CC(C)N(C)CCCCNc1cnc(C(=O)O)cn1. The first-order chi connectivity index (χ1) is 9.00. The minimum absolute atomic E-state index is 0.0379. The molecule has 1 heterocycles. The molecule has 106 valence electrons. The highest BCUT2D eigenvalue weighted by Gasteiger charge is 2.04. The first-order valence-electron chi connectivity index (χ1n) is 6.50. The number of hydrogen-bond acceptors (Lipinski definition) is 5. The van der Waals surface area contributed by atoms with E-state index in [1.54, 1.807) is 0 Å². The number of carboxylic acid groups (broad SMARTS) is 1. The standard InChI is InChI=1S/C13H22N4O2/c1-10(2)17(3)7-5-4-6-14-12-9-15-11(8-16-12)13(18)19/h8-10H,4-7H2,1-3H3,(H,14,16)(H,18,19). The lowest BCUT2D eigenvalue weighted by atomic mass is 10.2. The molecule has 0 bridgehead atoms. The minimum Gasteiger partial charge on any atom is -0.476 e. The van der Waals surface area contributed by atoms with Crippen LogP contribution >= 0.6 is 0 Å². The van der Waals surface area contributed by atoms with Gasteiger partial charge in [-0.2, -0.15) is 0 Å². The number of hydrogen-bond donors (Lipinski definition) is 2. The van der Waals surface area contributed by atoms with Gasteiger partial charge < -0.3 is 15.3 Å². The summed E-state index contributed by atoms with van der Waals surface area (Å²) in [5.41, 5.74) is -0.0379. The minimum atomic E-state index is -1.06. The summed E-state index contributed by atoms with van der Waals surface area (Å²) in [4.78, 5) is 20.7. The van der Waals surface area contributed by atoms with Crippen molar-refractivity contribution in [2.24, 2.45) is 0 Å². The van der Waals surface area contributed by atoms with Crippen molar-refractivity contribution in [3.8, 4) is 0 Å². The number of rotatable bonds is 8. The molecule has 19 heavy (non-hydrogen) atoms. The zero-order chi connectivity index (χ0) is 14.3. The molecule has 0 spiro atoms. The van der Waals surface area contributed by atoms with Gasteiger partial charge in [-0.15, -0.1) is 0 Å². The molecule has 0 unspecified atom stereocenters. The maximum Gasteiger partial charge on any atom is 0.356 e. The van der Waals surface area contributed by atoms with E-state index in [0.717, 1.165) is 25.9 Å². The van der Waals surface area contributed by atoms with Gasteiger partial charge >= 0.3 is 5.97 Å². The molecular weight excluding hydrogens is 244 g/mol. The summed E-state index contributed by atoms with van der Waals surface area (Å²) in [5, 5.41) is 11.8. The Morgan fingerprint density at radius 3 is 2.63 bits per heavy atom. The van der Waals surface area contributed by atoms with E-state index in [4.69, 9.17) is 5.11 Å². The first kappa shape index (κ1) is 15.4. The van der Waals surface area contributed by atoms with Crippen LogP contribution in [0.15, 0.2) is 12.4 Å². The van der Waals surface area contributed by atoms with Gasteiger partial charge in [0, 0.05) is 12.6 Å². The molecule has 0 aliphatic heterocycles. The molecule has 1 aromatic rings. The number of carboxylic acids is 1. The van der Waals surface area contributed by atoms with Crippen molar-refractivity contribution >= 4 is 11.8 Å². The second-order valence-corrected chi connectivity index (χ2v) is 4.80. The molecule has 0 amide bonds. The van der Waals surface area contributed by atoms with Crippen LogP contribution in [0.3, 0.4) is 0 Å². The van der Waals surface area contributed by atoms with E-state index in [1.165, 1.54) is 12.4 Å². The molecule has 0 aromatic carbocycles. The Balaban J connectivity index is 2.21. The third-order valence-electron chi connectivity index (χ3n) is 3.00. The maximum absolute atomic E-state index is 10.6. The van der Waals surface area contributed by atoms with Gasteiger partial charge in [0.1, 0.15) is 5.82 Å². The molecule has 0 aliphatic carbocycles. The van der Waals surface area contributed by atoms with Crippen LogP contribution in [-0.2, 0) is 0 Å². The Labute approximate surface area is 113 Å². The predicted molar refractivity (Wildman–Crippen MR) is 74.5 cm³/mol. The van der Waals surface area contributed by atoms with Gasteiger partial charge in [0.05, 0.1) is 12.4 Å². The van der Waals surface area contributed by atoms with Crippen LogP contribution in [0.25, 0.3) is 0 Å². The van der Waals surface area contributed by atoms with Crippen LogP contribution in [0.1, 0.15) is 37.2 Å². The number of nitrogens with one attached hydrogen (secondary N) is 1. The Bertz CT molecular complexity index is 392. The zero-order valence-electron chi connectivity index (χ0n) is 11.8. The second-order valence-electron chi connectivity index (χ2n) is 4.80. The quantitative estimate of drug-likeness (QED) is 0.697. The van der Waals surface area contributed by atoms with Gasteiger partial charge in [-0.25, -0.2) is 14.8 Å². The number of aromatic carboxylic acids is 1. The first-order valence-corrected chi connectivity index (χ1v) is 6.50. The molecule has 0 saturated carbocycles. The number of carbonyl (C=O) groups is 1. The fraction of sp³-hybridized carbons (Fsp3) is 0.615. The summed E-state index contributed by atoms with van der Waals surface area (Å²) in [6.07, 6.45) is 4.86. The molecule has 1 rings (SSSR count). The lowest BCUT2D eigenvalue weighted by Gasteiger charge is -2.20. The number of anilines is 1. The summed E-state index contributed by atoms with van der Waals surface area (Å²) in [6.45, 7) is 6.24. The van der Waals surface area contributed by atoms with E-state index in [0.29, 0.717) is 11.9 Å². The molecule has 6 nitrogen and oxygen atoms in total. The largest absolute Gasteiger partial charge is 0.476 e. The fourth-order valence-electron chi connectivity index (χ4n) is 1.49. The fourth-order valence-corrected chi connectivity index (χ4v) is 1.49. The van der Waals surface area contributed by atoms with Gasteiger partial charge in [-0.1, -0.05) is 0 Å². The second kappa shape index (κ2) is 7.68. The monoisotopic (exact) mass is 266 g/mol. The van der Waals surface area contributed by atoms with E-state index in [1.807, 2.05) is 0 Å². The van der Waals surface area contributed by atoms with Crippen molar-refractivity contribution in [1.82, 2.24) is 14.9 Å². The predicted octanol–water partition coefficient (Wildman–Crippen LogP) is 1.71. The van der Waals surface area contributed by atoms with Crippen LogP contribution in [0.4, 0.5) is 5.82 Å². The highest BCUT2D eigenvalue weighted by molar-refractivity contribution is 5.84. The third-order valence-corrected chi connectivity index (χ3v) is 3.00. The van der Waals surface area contributed by atoms with Gasteiger partial charge in [-0.05, 0) is 40.3 Å². The average Bonchev–Trinajstić information content (AvgIpc) is 2.38. The van der Waals surface area contributed by atoms with E-state index in [-0.39, 0.29) is 5.69 Å². The van der Waals surface area contributed by atoms with Crippen molar-refractivity contribution < 1.29 is 9.90 Å². The Hall–Kier alpha value is -1.69. The summed E-state index contributed by atoms with van der Waals surface area (Å²) in [5.74, 6) is -0.446. The molecular formula is C13H22N4O2. The summed E-state index contributed by atoms with van der Waals surface area (Å²) >= 11 is 0. The molecule has 1 aromatic heterocycles. The van der Waals surface area contributed by atoms with E-state index >= 15 is 0 Å². The maximum atomic E-state index is 10.6. The lowest BCUT2D eigenvalue weighted by Crippen LogP contribution is -2.27. The topological polar surface area (TPSA) is 78.4 Å². The van der Waals surface area contributed by atoms with Gasteiger partial charge in [0.2, 0.25) is 0 Å². The highest BCUT2D eigenvalue weighted by atomic mass is 16.4. The van der Waals surface area contributed by atoms with Crippen LogP contribution in [0.5, 0.6) is 0 Å². The average molecular weight is 266 g/mol. The molecule has 0 fully saturated rings. The van der Waals surface area contributed by atoms with Crippen LogP contribution in [-0.4, -0.2) is 52.1 Å². The third kappa shape index (κ3) is 5.65. The van der Waals surface area contributed by atoms with Crippen LogP contribution < -0.4 is 5.32 Å². The van der Waals surface area contributed by atoms with Crippen molar-refractivity contribution in [3.05, 3.63) is 18.1 Å². The van der Waals surface area contributed by atoms with Crippen LogP contribution in [0.2, 0.25) is 0 Å². The van der Waals surface area contributed by atoms with Crippen molar-refractivity contribution in [3.63, 3.8) is 0 Å². The molecule has 0 saturated heterocycles. The Kier molecular flexibility index (Phi) is 6.21.